The van der Waals surface area contributed by atoms with Gasteiger partial charge in [0.2, 0.25) is 5.88 Å². The van der Waals surface area contributed by atoms with E-state index in [-0.39, 0.29) is 5.91 Å². The summed E-state index contributed by atoms with van der Waals surface area (Å²) in [5.41, 5.74) is 0. The van der Waals surface area contributed by atoms with Crippen molar-refractivity contribution in [2.24, 2.45) is 0 Å². The van der Waals surface area contributed by atoms with Crippen molar-refractivity contribution in [1.29, 1.82) is 0 Å². The molecule has 4 nitrogen and oxygen atoms in total. The maximum Gasteiger partial charge on any atom is 0.261 e. The zero-order valence-electron chi connectivity index (χ0n) is 9.43. The fourth-order valence-electron chi connectivity index (χ4n) is 1.26. The van der Waals surface area contributed by atoms with Crippen LogP contribution in [0.1, 0.15) is 9.67 Å². The van der Waals surface area contributed by atoms with Gasteiger partial charge in [0, 0.05) is 12.3 Å². The highest BCUT2D eigenvalue weighted by Crippen LogP contribution is 2.11. The lowest BCUT2D eigenvalue weighted by Gasteiger charge is -2.06. The minimum Gasteiger partial charge on any atom is -0.476 e. The van der Waals surface area contributed by atoms with Crippen LogP contribution in [0.4, 0.5) is 0 Å². The SMILES string of the molecule is O=C(NCCOc1ccc(Cl)cn1)c1cccs1. The average molecular weight is 283 g/mol. The van der Waals surface area contributed by atoms with Crippen molar-refractivity contribution < 1.29 is 9.53 Å². The van der Waals surface area contributed by atoms with E-state index in [2.05, 4.69) is 10.3 Å². The molecule has 1 amide bonds. The summed E-state index contributed by atoms with van der Waals surface area (Å²) < 4.78 is 5.35. The Kier molecular flexibility index (Phi) is 4.55. The number of amides is 1. The number of halogens is 1. The van der Waals surface area contributed by atoms with Gasteiger partial charge in [-0.3, -0.25) is 4.79 Å². The molecule has 0 aliphatic carbocycles. The van der Waals surface area contributed by atoms with Crippen LogP contribution < -0.4 is 10.1 Å². The second-order valence-corrected chi connectivity index (χ2v) is 4.78. The van der Waals surface area contributed by atoms with Gasteiger partial charge in [0.15, 0.2) is 0 Å². The number of carbonyl (C=O) groups is 1. The number of ether oxygens (including phenoxy) is 1. The number of nitrogens with zero attached hydrogens (tertiary/aromatic N) is 1. The summed E-state index contributed by atoms with van der Waals surface area (Å²) in [5.74, 6) is 0.405. The van der Waals surface area contributed by atoms with Crippen LogP contribution in [-0.4, -0.2) is 24.0 Å². The minimum absolute atomic E-state index is 0.0855. The molecule has 94 valence electrons. The van der Waals surface area contributed by atoms with Crippen LogP contribution in [0.15, 0.2) is 35.8 Å². The van der Waals surface area contributed by atoms with Crippen LogP contribution in [0.2, 0.25) is 5.02 Å². The Morgan fingerprint density at radius 2 is 2.33 bits per heavy atom. The van der Waals surface area contributed by atoms with E-state index in [9.17, 15) is 4.79 Å². The van der Waals surface area contributed by atoms with E-state index >= 15 is 0 Å². The molecule has 0 saturated heterocycles. The first-order valence-corrected chi connectivity index (χ1v) is 6.57. The number of hydrogen-bond donors (Lipinski definition) is 1. The Labute approximate surface area is 114 Å². The minimum atomic E-state index is -0.0855. The fraction of sp³-hybridized carbons (Fsp3) is 0.167. The van der Waals surface area contributed by atoms with Crippen LogP contribution in [0, 0.1) is 0 Å². The van der Waals surface area contributed by atoms with Crippen LogP contribution in [0.5, 0.6) is 5.88 Å². The molecule has 2 rings (SSSR count). The third-order valence-corrected chi connectivity index (χ3v) is 3.17. The second kappa shape index (κ2) is 6.37. The lowest BCUT2D eigenvalue weighted by molar-refractivity contribution is 0.0950. The van der Waals surface area contributed by atoms with Gasteiger partial charge >= 0.3 is 0 Å². The van der Waals surface area contributed by atoms with E-state index in [1.165, 1.54) is 17.5 Å². The molecule has 2 aromatic rings. The van der Waals surface area contributed by atoms with E-state index in [1.54, 1.807) is 18.2 Å². The molecular weight excluding hydrogens is 272 g/mol. The third kappa shape index (κ3) is 3.72. The highest BCUT2D eigenvalue weighted by atomic mass is 35.5. The van der Waals surface area contributed by atoms with Gasteiger partial charge in [-0.15, -0.1) is 11.3 Å². The Morgan fingerprint density at radius 1 is 1.44 bits per heavy atom. The standard InChI is InChI=1S/C12H11ClN2O2S/c13-9-3-4-11(15-8-9)17-6-5-14-12(16)10-2-1-7-18-10/h1-4,7-8H,5-6H2,(H,14,16). The van der Waals surface area contributed by atoms with Gasteiger partial charge in [-0.2, -0.15) is 0 Å². The van der Waals surface area contributed by atoms with Crippen LogP contribution in [-0.2, 0) is 0 Å². The first kappa shape index (κ1) is 12.9. The van der Waals surface area contributed by atoms with Gasteiger partial charge in [0.05, 0.1) is 16.4 Å². The molecule has 0 aliphatic rings. The van der Waals surface area contributed by atoms with Gasteiger partial charge in [-0.25, -0.2) is 4.98 Å². The van der Waals surface area contributed by atoms with Crippen molar-refractivity contribution >= 4 is 28.8 Å². The predicted octanol–water partition coefficient (Wildman–Crippen LogP) is 2.61. The normalized spacial score (nSPS) is 10.1. The number of hydrogen-bond acceptors (Lipinski definition) is 4. The Morgan fingerprint density at radius 3 is 3.00 bits per heavy atom. The van der Waals surface area contributed by atoms with Gasteiger partial charge < -0.3 is 10.1 Å². The highest BCUT2D eigenvalue weighted by molar-refractivity contribution is 7.12. The van der Waals surface area contributed by atoms with Crippen molar-refractivity contribution in [2.45, 2.75) is 0 Å². The first-order valence-electron chi connectivity index (χ1n) is 5.32. The molecule has 0 fully saturated rings. The zero-order chi connectivity index (χ0) is 12.8. The van der Waals surface area contributed by atoms with Crippen LogP contribution >= 0.6 is 22.9 Å². The smallest absolute Gasteiger partial charge is 0.261 e. The number of aromatic nitrogens is 1. The molecule has 2 heterocycles. The number of nitrogens with one attached hydrogen (secondary N) is 1. The molecule has 0 unspecified atom stereocenters. The number of rotatable bonds is 5. The van der Waals surface area contributed by atoms with E-state index in [4.69, 9.17) is 16.3 Å². The summed E-state index contributed by atoms with van der Waals surface area (Å²) >= 11 is 7.10. The lowest BCUT2D eigenvalue weighted by Crippen LogP contribution is -2.27. The Hall–Kier alpha value is -1.59. The van der Waals surface area contributed by atoms with Crippen molar-refractivity contribution in [3.05, 3.63) is 45.7 Å². The summed E-state index contributed by atoms with van der Waals surface area (Å²) in [6, 6.07) is 7.01. The van der Waals surface area contributed by atoms with Crippen LogP contribution in [0.25, 0.3) is 0 Å². The predicted molar refractivity (Wildman–Crippen MR) is 71.4 cm³/mol. The van der Waals surface area contributed by atoms with Gasteiger partial charge in [0.25, 0.3) is 5.91 Å². The Bertz CT molecular complexity index is 499. The molecule has 2 aromatic heterocycles. The number of carbonyl (C=O) groups excluding carboxylic acids is 1. The molecule has 18 heavy (non-hydrogen) atoms. The van der Waals surface area contributed by atoms with Crippen molar-refractivity contribution in [3.63, 3.8) is 0 Å². The molecule has 0 spiro atoms. The van der Waals surface area contributed by atoms with Crippen molar-refractivity contribution in [2.75, 3.05) is 13.2 Å². The van der Waals surface area contributed by atoms with Gasteiger partial charge in [-0.1, -0.05) is 17.7 Å². The molecule has 0 aromatic carbocycles. The third-order valence-electron chi connectivity index (χ3n) is 2.08. The molecule has 0 aliphatic heterocycles. The molecule has 0 atom stereocenters. The summed E-state index contributed by atoms with van der Waals surface area (Å²) in [5, 5.41) is 5.19. The summed E-state index contributed by atoms with van der Waals surface area (Å²) in [6.45, 7) is 0.798. The van der Waals surface area contributed by atoms with E-state index in [1.807, 2.05) is 11.4 Å². The fourth-order valence-corrected chi connectivity index (χ4v) is 2.01. The topological polar surface area (TPSA) is 51.2 Å². The van der Waals surface area contributed by atoms with Crippen molar-refractivity contribution in [3.8, 4) is 5.88 Å². The molecule has 0 radical (unpaired) electrons. The monoisotopic (exact) mass is 282 g/mol. The van der Waals surface area contributed by atoms with Crippen molar-refractivity contribution in [1.82, 2.24) is 10.3 Å². The van der Waals surface area contributed by atoms with E-state index < -0.39 is 0 Å². The van der Waals surface area contributed by atoms with E-state index in [0.717, 1.165) is 0 Å². The number of thiophene rings is 1. The number of pyridine rings is 1. The molecular formula is C12H11ClN2O2S. The molecule has 6 heteroatoms. The average Bonchev–Trinajstić information content (AvgIpc) is 2.90. The quantitative estimate of drug-likeness (QED) is 0.858. The summed E-state index contributed by atoms with van der Waals surface area (Å²) in [6.07, 6.45) is 1.51. The molecule has 1 N–H and O–H groups in total. The maximum absolute atomic E-state index is 11.6. The van der Waals surface area contributed by atoms with Gasteiger partial charge in [-0.05, 0) is 17.5 Å². The second-order valence-electron chi connectivity index (χ2n) is 3.40. The maximum atomic E-state index is 11.6. The summed E-state index contributed by atoms with van der Waals surface area (Å²) in [4.78, 5) is 16.2. The Balaban J connectivity index is 1.70. The summed E-state index contributed by atoms with van der Waals surface area (Å²) in [7, 11) is 0. The van der Waals surface area contributed by atoms with Gasteiger partial charge in [0.1, 0.15) is 6.61 Å². The van der Waals surface area contributed by atoms with Crippen LogP contribution in [0.3, 0.4) is 0 Å². The first-order chi connectivity index (χ1) is 8.75. The molecule has 0 saturated carbocycles. The molecule has 0 bridgehead atoms. The zero-order valence-corrected chi connectivity index (χ0v) is 11.0. The van der Waals surface area contributed by atoms with E-state index in [0.29, 0.717) is 28.9 Å². The highest BCUT2D eigenvalue weighted by Gasteiger charge is 2.04. The largest absolute Gasteiger partial charge is 0.476 e. The lowest BCUT2D eigenvalue weighted by atomic mass is 10.4.